The van der Waals surface area contributed by atoms with E-state index in [4.69, 9.17) is 5.73 Å². The SMILES string of the molecule is CCn1nc(C)c2nc(N)n(Cc3ncc(C)s3)c21. The van der Waals surface area contributed by atoms with Crippen molar-refractivity contribution in [3.8, 4) is 0 Å². The first-order chi connectivity index (χ1) is 9.10. The molecule has 0 aliphatic heterocycles. The summed E-state index contributed by atoms with van der Waals surface area (Å²) >= 11 is 1.68. The molecule has 100 valence electrons. The summed E-state index contributed by atoms with van der Waals surface area (Å²) in [5, 5.41) is 5.51. The first-order valence-corrected chi connectivity index (χ1v) is 7.02. The molecule has 0 radical (unpaired) electrons. The zero-order valence-electron chi connectivity index (χ0n) is 11.2. The quantitative estimate of drug-likeness (QED) is 0.793. The van der Waals surface area contributed by atoms with Gasteiger partial charge in [0.2, 0.25) is 5.95 Å². The van der Waals surface area contributed by atoms with Crippen molar-refractivity contribution in [1.82, 2.24) is 24.3 Å². The smallest absolute Gasteiger partial charge is 0.202 e. The van der Waals surface area contributed by atoms with Gasteiger partial charge in [0.25, 0.3) is 0 Å². The molecule has 3 rings (SSSR count). The minimum absolute atomic E-state index is 0.519. The van der Waals surface area contributed by atoms with Gasteiger partial charge in [-0.2, -0.15) is 5.10 Å². The van der Waals surface area contributed by atoms with Gasteiger partial charge < -0.3 is 5.73 Å². The molecule has 6 nitrogen and oxygen atoms in total. The highest BCUT2D eigenvalue weighted by atomic mass is 32.1. The molecule has 3 aromatic heterocycles. The molecule has 0 amide bonds. The second-order valence-corrected chi connectivity index (χ2v) is 5.81. The average molecular weight is 276 g/mol. The summed E-state index contributed by atoms with van der Waals surface area (Å²) in [6.45, 7) is 7.51. The third-order valence-corrected chi connectivity index (χ3v) is 3.99. The van der Waals surface area contributed by atoms with Gasteiger partial charge in [-0.05, 0) is 20.8 Å². The predicted molar refractivity (Wildman–Crippen MR) is 76.3 cm³/mol. The van der Waals surface area contributed by atoms with Crippen LogP contribution in [0.25, 0.3) is 11.2 Å². The summed E-state index contributed by atoms with van der Waals surface area (Å²) in [6, 6.07) is 0. The number of anilines is 1. The predicted octanol–water partition coefficient (Wildman–Crippen LogP) is 1.96. The van der Waals surface area contributed by atoms with E-state index in [-0.39, 0.29) is 0 Å². The zero-order chi connectivity index (χ0) is 13.6. The molecule has 0 aliphatic rings. The first kappa shape index (κ1) is 12.2. The first-order valence-electron chi connectivity index (χ1n) is 6.20. The lowest BCUT2D eigenvalue weighted by Gasteiger charge is -2.05. The third-order valence-electron chi connectivity index (χ3n) is 3.09. The van der Waals surface area contributed by atoms with Gasteiger partial charge in [0.1, 0.15) is 10.5 Å². The number of aryl methyl sites for hydroxylation is 3. The molecule has 0 fully saturated rings. The lowest BCUT2D eigenvalue weighted by molar-refractivity contribution is 0.647. The molecule has 7 heteroatoms. The van der Waals surface area contributed by atoms with Gasteiger partial charge in [0, 0.05) is 17.6 Å². The van der Waals surface area contributed by atoms with Crippen molar-refractivity contribution in [3.63, 3.8) is 0 Å². The Kier molecular flexibility index (Phi) is 2.78. The molecule has 0 aromatic carbocycles. The Morgan fingerprint density at radius 2 is 2.16 bits per heavy atom. The minimum atomic E-state index is 0.519. The van der Waals surface area contributed by atoms with Crippen LogP contribution in [-0.2, 0) is 13.1 Å². The highest BCUT2D eigenvalue weighted by Gasteiger charge is 2.17. The molecule has 2 N–H and O–H groups in total. The maximum absolute atomic E-state index is 6.03. The number of imidazole rings is 1. The Labute approximate surface area is 114 Å². The number of hydrogen-bond acceptors (Lipinski definition) is 5. The summed E-state index contributed by atoms with van der Waals surface area (Å²) < 4.78 is 3.92. The van der Waals surface area contributed by atoms with E-state index in [2.05, 4.69) is 28.9 Å². The molecule has 0 unspecified atom stereocenters. The maximum Gasteiger partial charge on any atom is 0.202 e. The van der Waals surface area contributed by atoms with E-state index in [1.165, 1.54) is 4.88 Å². The molecule has 19 heavy (non-hydrogen) atoms. The zero-order valence-corrected chi connectivity index (χ0v) is 12.0. The minimum Gasteiger partial charge on any atom is -0.369 e. The number of nitrogens with zero attached hydrogens (tertiary/aromatic N) is 5. The van der Waals surface area contributed by atoms with E-state index >= 15 is 0 Å². The number of thiazole rings is 1. The molecular formula is C12H16N6S. The lowest BCUT2D eigenvalue weighted by Crippen LogP contribution is -2.09. The average Bonchev–Trinajstić information content (AvgIpc) is 3.00. The topological polar surface area (TPSA) is 74.6 Å². The monoisotopic (exact) mass is 276 g/mol. The third kappa shape index (κ3) is 1.90. The van der Waals surface area contributed by atoms with Crippen LogP contribution in [-0.4, -0.2) is 24.3 Å². The van der Waals surface area contributed by atoms with Crippen LogP contribution < -0.4 is 5.73 Å². The van der Waals surface area contributed by atoms with Crippen LogP contribution in [0.1, 0.15) is 22.5 Å². The van der Waals surface area contributed by atoms with E-state index in [0.717, 1.165) is 28.4 Å². The second-order valence-electron chi connectivity index (χ2n) is 4.49. The van der Waals surface area contributed by atoms with Crippen molar-refractivity contribution < 1.29 is 0 Å². The van der Waals surface area contributed by atoms with Crippen molar-refractivity contribution in [3.05, 3.63) is 21.8 Å². The van der Waals surface area contributed by atoms with Crippen LogP contribution in [0, 0.1) is 13.8 Å². The molecule has 0 saturated heterocycles. The number of nitrogens with two attached hydrogens (primary N) is 1. The van der Waals surface area contributed by atoms with Crippen molar-refractivity contribution in [2.24, 2.45) is 0 Å². The number of hydrogen-bond donors (Lipinski definition) is 1. The Balaban J connectivity index is 2.14. The normalized spacial score (nSPS) is 11.5. The summed E-state index contributed by atoms with van der Waals surface area (Å²) in [6.07, 6.45) is 1.88. The van der Waals surface area contributed by atoms with Gasteiger partial charge in [0.15, 0.2) is 5.65 Å². The maximum atomic E-state index is 6.03. The van der Waals surface area contributed by atoms with Crippen LogP contribution in [0.4, 0.5) is 5.95 Å². The van der Waals surface area contributed by atoms with Crippen LogP contribution in [0.5, 0.6) is 0 Å². The van der Waals surface area contributed by atoms with Gasteiger partial charge >= 0.3 is 0 Å². The second kappa shape index (κ2) is 4.34. The Morgan fingerprint density at radius 1 is 1.37 bits per heavy atom. The number of nitrogen functional groups attached to an aromatic ring is 1. The Hall–Kier alpha value is -1.89. The van der Waals surface area contributed by atoms with E-state index < -0.39 is 0 Å². The van der Waals surface area contributed by atoms with Crippen molar-refractivity contribution in [1.29, 1.82) is 0 Å². The van der Waals surface area contributed by atoms with Crippen molar-refractivity contribution in [2.75, 3.05) is 5.73 Å². The Morgan fingerprint density at radius 3 is 2.79 bits per heavy atom. The van der Waals surface area contributed by atoms with E-state index in [1.807, 2.05) is 22.4 Å². The highest BCUT2D eigenvalue weighted by Crippen LogP contribution is 2.23. The van der Waals surface area contributed by atoms with Crippen molar-refractivity contribution >= 4 is 28.4 Å². The summed E-state index contributed by atoms with van der Waals surface area (Å²) in [4.78, 5) is 10.0. The summed E-state index contributed by atoms with van der Waals surface area (Å²) in [5.41, 5.74) is 8.81. The highest BCUT2D eigenvalue weighted by molar-refractivity contribution is 7.11. The van der Waals surface area contributed by atoms with Crippen LogP contribution in [0.15, 0.2) is 6.20 Å². The van der Waals surface area contributed by atoms with Crippen molar-refractivity contribution in [2.45, 2.75) is 33.9 Å². The summed E-state index contributed by atoms with van der Waals surface area (Å²) in [7, 11) is 0. The summed E-state index contributed by atoms with van der Waals surface area (Å²) in [5.74, 6) is 0.519. The van der Waals surface area contributed by atoms with E-state index in [9.17, 15) is 0 Å². The number of fused-ring (bicyclic) bond motifs is 1. The van der Waals surface area contributed by atoms with E-state index in [0.29, 0.717) is 12.5 Å². The fraction of sp³-hybridized carbons (Fsp3) is 0.417. The molecule has 0 atom stereocenters. The van der Waals surface area contributed by atoms with Crippen LogP contribution in [0.3, 0.4) is 0 Å². The van der Waals surface area contributed by atoms with Gasteiger partial charge in [-0.1, -0.05) is 0 Å². The lowest BCUT2D eigenvalue weighted by atomic mass is 10.4. The molecule has 0 bridgehead atoms. The Bertz CT molecular complexity index is 735. The van der Waals surface area contributed by atoms with Crippen LogP contribution >= 0.6 is 11.3 Å². The number of rotatable bonds is 3. The van der Waals surface area contributed by atoms with Gasteiger partial charge in [-0.15, -0.1) is 11.3 Å². The standard InChI is InChI=1S/C12H16N6S/c1-4-18-11-10(8(3)16-18)15-12(13)17(11)6-9-14-5-7(2)19-9/h5H,4,6H2,1-3H3,(H2,13,15). The molecule has 0 spiro atoms. The van der Waals surface area contributed by atoms with Crippen LogP contribution in [0.2, 0.25) is 0 Å². The van der Waals surface area contributed by atoms with Gasteiger partial charge in [0.05, 0.1) is 12.2 Å². The molecular weight excluding hydrogens is 260 g/mol. The molecule has 0 saturated carbocycles. The van der Waals surface area contributed by atoms with Gasteiger partial charge in [-0.25, -0.2) is 14.6 Å². The largest absolute Gasteiger partial charge is 0.369 e. The van der Waals surface area contributed by atoms with E-state index in [1.54, 1.807) is 11.3 Å². The molecule has 3 heterocycles. The van der Waals surface area contributed by atoms with Gasteiger partial charge in [-0.3, -0.25) is 4.57 Å². The molecule has 0 aliphatic carbocycles. The molecule has 3 aromatic rings. The number of aromatic nitrogens is 5. The fourth-order valence-electron chi connectivity index (χ4n) is 2.23. The fourth-order valence-corrected chi connectivity index (χ4v) is 3.00.